The molecule has 3 amide bonds. The van der Waals surface area contributed by atoms with Crippen molar-refractivity contribution in [1.82, 2.24) is 4.90 Å². The van der Waals surface area contributed by atoms with E-state index in [4.69, 9.17) is 4.74 Å². The largest absolute Gasteiger partial charge is 0.465 e. The summed E-state index contributed by atoms with van der Waals surface area (Å²) in [6.07, 6.45) is 2.39. The van der Waals surface area contributed by atoms with Gasteiger partial charge in [0.1, 0.15) is 5.54 Å². The van der Waals surface area contributed by atoms with Crippen LogP contribution in [-0.2, 0) is 31.1 Å². The fourth-order valence-electron chi connectivity index (χ4n) is 6.66. The summed E-state index contributed by atoms with van der Waals surface area (Å²) in [5.41, 5.74) is 1.67. The molecule has 0 radical (unpaired) electrons. The first-order chi connectivity index (χ1) is 16.4. The minimum atomic E-state index is -1.23. The van der Waals surface area contributed by atoms with Crippen LogP contribution in [0.1, 0.15) is 41.3 Å². The van der Waals surface area contributed by atoms with Gasteiger partial charge in [-0.05, 0) is 49.6 Å². The number of imide groups is 1. The third-order valence-electron chi connectivity index (χ3n) is 8.02. The number of esters is 1. The van der Waals surface area contributed by atoms with E-state index < -0.39 is 29.3 Å². The third kappa shape index (κ3) is 2.41. The summed E-state index contributed by atoms with van der Waals surface area (Å²) in [6, 6.07) is 12.1. The van der Waals surface area contributed by atoms with E-state index in [9.17, 15) is 19.2 Å². The Hall–Kier alpha value is -3.52. The number of nitrogens with one attached hydrogen (secondary N) is 1. The molecule has 2 aromatic rings. The van der Waals surface area contributed by atoms with Crippen LogP contribution in [0.3, 0.4) is 0 Å². The van der Waals surface area contributed by atoms with Gasteiger partial charge in [-0.1, -0.05) is 31.2 Å². The van der Waals surface area contributed by atoms with Crippen LogP contribution in [-0.4, -0.2) is 48.3 Å². The van der Waals surface area contributed by atoms with Crippen LogP contribution in [0.4, 0.5) is 11.4 Å². The molecule has 4 heterocycles. The molecule has 0 saturated carbocycles. The predicted octanol–water partition coefficient (Wildman–Crippen LogP) is 2.47. The van der Waals surface area contributed by atoms with Gasteiger partial charge in [-0.3, -0.25) is 19.3 Å². The smallest absolute Gasteiger partial charge is 0.339 e. The molecule has 2 aromatic carbocycles. The molecule has 3 fully saturated rings. The number of hydrogen-bond donors (Lipinski definition) is 1. The molecule has 0 aromatic heterocycles. The van der Waals surface area contributed by atoms with E-state index in [0.29, 0.717) is 12.2 Å². The van der Waals surface area contributed by atoms with Crippen molar-refractivity contribution in [2.45, 2.75) is 37.8 Å². The van der Waals surface area contributed by atoms with Crippen LogP contribution >= 0.6 is 0 Å². The van der Waals surface area contributed by atoms with Crippen molar-refractivity contribution < 1.29 is 23.9 Å². The second kappa shape index (κ2) is 7.24. The fraction of sp³-hybridized carbons (Fsp3) is 0.385. The molecule has 1 spiro atoms. The first-order valence-electron chi connectivity index (χ1n) is 11.7. The topological polar surface area (TPSA) is 96.0 Å². The number of para-hydroxylation sites is 1. The fourth-order valence-corrected chi connectivity index (χ4v) is 6.66. The molecule has 174 valence electrons. The Bertz CT molecular complexity index is 1270. The normalized spacial score (nSPS) is 29.4. The van der Waals surface area contributed by atoms with E-state index in [1.54, 1.807) is 24.3 Å². The minimum Gasteiger partial charge on any atom is -0.465 e. The van der Waals surface area contributed by atoms with Crippen LogP contribution in [0.5, 0.6) is 0 Å². The standard InChI is InChI=1S/C26H25N3O5/c1-3-14-10-11-17-16(13-14)26(25(33)27-17)21-20(19-9-6-12-28(19)26)22(30)29(23(21)31)18-8-5-4-7-15(18)24(32)34-2/h4-5,7-8,10-11,13,19-21H,3,6,9,12H2,1-2H3,(H,27,33)/t19-,20+,21-,26+/m0/s1. The highest BCUT2D eigenvalue weighted by molar-refractivity contribution is 6.27. The van der Waals surface area contributed by atoms with E-state index in [-0.39, 0.29) is 29.1 Å². The second-order valence-electron chi connectivity index (χ2n) is 9.38. The van der Waals surface area contributed by atoms with E-state index in [2.05, 4.69) is 10.2 Å². The maximum atomic E-state index is 14.1. The summed E-state index contributed by atoms with van der Waals surface area (Å²) >= 11 is 0. The molecule has 6 rings (SSSR count). The average Bonchev–Trinajstić information content (AvgIpc) is 3.56. The summed E-state index contributed by atoms with van der Waals surface area (Å²) in [6.45, 7) is 2.70. The summed E-state index contributed by atoms with van der Waals surface area (Å²) < 4.78 is 4.89. The highest BCUT2D eigenvalue weighted by atomic mass is 16.5. The van der Waals surface area contributed by atoms with Crippen molar-refractivity contribution in [3.63, 3.8) is 0 Å². The molecule has 3 saturated heterocycles. The van der Waals surface area contributed by atoms with E-state index in [0.717, 1.165) is 35.3 Å². The summed E-state index contributed by atoms with van der Waals surface area (Å²) in [5.74, 6) is -3.17. The highest BCUT2D eigenvalue weighted by Gasteiger charge is 2.74. The zero-order valence-electron chi connectivity index (χ0n) is 19.0. The Morgan fingerprint density at radius 3 is 2.71 bits per heavy atom. The van der Waals surface area contributed by atoms with Gasteiger partial charge in [0.05, 0.1) is 30.2 Å². The molecule has 4 atom stereocenters. The van der Waals surface area contributed by atoms with Crippen molar-refractivity contribution in [1.29, 1.82) is 0 Å². The van der Waals surface area contributed by atoms with Gasteiger partial charge in [0.15, 0.2) is 0 Å². The molecule has 0 bridgehead atoms. The van der Waals surface area contributed by atoms with Crippen LogP contribution in [0, 0.1) is 11.8 Å². The molecular formula is C26H25N3O5. The van der Waals surface area contributed by atoms with Gasteiger partial charge in [0.25, 0.3) is 0 Å². The van der Waals surface area contributed by atoms with Crippen LogP contribution in [0.15, 0.2) is 42.5 Å². The zero-order chi connectivity index (χ0) is 23.8. The molecule has 4 aliphatic rings. The van der Waals surface area contributed by atoms with Crippen molar-refractivity contribution in [2.75, 3.05) is 23.9 Å². The molecule has 34 heavy (non-hydrogen) atoms. The number of carbonyl (C=O) groups excluding carboxylic acids is 4. The number of nitrogens with zero attached hydrogens (tertiary/aromatic N) is 2. The summed E-state index contributed by atoms with van der Waals surface area (Å²) in [5, 5.41) is 3.00. The number of methoxy groups -OCH3 is 1. The van der Waals surface area contributed by atoms with E-state index in [1.807, 2.05) is 25.1 Å². The van der Waals surface area contributed by atoms with Gasteiger partial charge < -0.3 is 10.1 Å². The molecule has 1 N–H and O–H groups in total. The quantitative estimate of drug-likeness (QED) is 0.560. The van der Waals surface area contributed by atoms with Crippen molar-refractivity contribution in [2.24, 2.45) is 11.8 Å². The van der Waals surface area contributed by atoms with Crippen LogP contribution < -0.4 is 10.2 Å². The predicted molar refractivity (Wildman–Crippen MR) is 123 cm³/mol. The SMILES string of the molecule is CCc1ccc2c(c1)[C@]1(C(=O)N2)[C@@H]2C(=O)N(c3ccccc3C(=O)OC)C(=O)[C@@H]2[C@@H]2CCCN21. The zero-order valence-corrected chi connectivity index (χ0v) is 19.0. The van der Waals surface area contributed by atoms with Gasteiger partial charge >= 0.3 is 5.97 Å². The number of benzene rings is 2. The van der Waals surface area contributed by atoms with Crippen LogP contribution in [0.25, 0.3) is 0 Å². The number of anilines is 2. The minimum absolute atomic E-state index is 0.147. The monoisotopic (exact) mass is 459 g/mol. The Balaban J connectivity index is 1.55. The number of hydrogen-bond acceptors (Lipinski definition) is 6. The first kappa shape index (κ1) is 21.0. The lowest BCUT2D eigenvalue weighted by Crippen LogP contribution is -2.54. The molecule has 8 nitrogen and oxygen atoms in total. The lowest BCUT2D eigenvalue weighted by molar-refractivity contribution is -0.135. The molecular weight excluding hydrogens is 434 g/mol. The maximum Gasteiger partial charge on any atom is 0.339 e. The van der Waals surface area contributed by atoms with Crippen molar-refractivity contribution >= 4 is 35.1 Å². The van der Waals surface area contributed by atoms with Gasteiger partial charge in [0, 0.05) is 17.3 Å². The van der Waals surface area contributed by atoms with E-state index in [1.165, 1.54) is 7.11 Å². The molecule has 0 aliphatic carbocycles. The third-order valence-corrected chi connectivity index (χ3v) is 8.02. The highest BCUT2D eigenvalue weighted by Crippen LogP contribution is 2.60. The first-order valence-corrected chi connectivity index (χ1v) is 11.7. The molecule has 4 aliphatic heterocycles. The Labute approximate surface area is 196 Å². The Morgan fingerprint density at radius 1 is 1.15 bits per heavy atom. The Morgan fingerprint density at radius 2 is 1.94 bits per heavy atom. The summed E-state index contributed by atoms with van der Waals surface area (Å²) in [7, 11) is 1.26. The number of ether oxygens (including phenoxy) is 1. The summed E-state index contributed by atoms with van der Waals surface area (Å²) in [4.78, 5) is 57.4. The van der Waals surface area contributed by atoms with Gasteiger partial charge in [-0.2, -0.15) is 0 Å². The maximum absolute atomic E-state index is 14.1. The lowest BCUT2D eigenvalue weighted by atomic mass is 9.75. The molecule has 8 heteroatoms. The van der Waals surface area contributed by atoms with Crippen molar-refractivity contribution in [3.8, 4) is 0 Å². The van der Waals surface area contributed by atoms with Crippen molar-refractivity contribution in [3.05, 3.63) is 59.2 Å². The number of carbonyl (C=O) groups is 4. The number of rotatable bonds is 3. The number of amides is 3. The number of fused-ring (bicyclic) bond motifs is 7. The second-order valence-corrected chi connectivity index (χ2v) is 9.38. The van der Waals surface area contributed by atoms with Crippen LogP contribution in [0.2, 0.25) is 0 Å². The van der Waals surface area contributed by atoms with Gasteiger partial charge in [0.2, 0.25) is 17.7 Å². The Kier molecular flexibility index (Phi) is 4.48. The number of aryl methyl sites for hydroxylation is 1. The lowest BCUT2D eigenvalue weighted by Gasteiger charge is -2.37. The molecule has 0 unspecified atom stereocenters. The van der Waals surface area contributed by atoms with E-state index >= 15 is 0 Å². The van der Waals surface area contributed by atoms with Gasteiger partial charge in [-0.25, -0.2) is 9.69 Å². The average molecular weight is 460 g/mol. The van der Waals surface area contributed by atoms with Gasteiger partial charge in [-0.15, -0.1) is 0 Å².